The molecule has 0 saturated carbocycles. The van der Waals surface area contributed by atoms with Crippen molar-refractivity contribution in [3.05, 3.63) is 48.4 Å². The highest BCUT2D eigenvalue weighted by atomic mass is 16.5. The van der Waals surface area contributed by atoms with Crippen molar-refractivity contribution in [3.63, 3.8) is 0 Å². The Morgan fingerprint density at radius 3 is 2.38 bits per heavy atom. The van der Waals surface area contributed by atoms with Gasteiger partial charge in [-0.3, -0.25) is 9.80 Å². The lowest BCUT2D eigenvalue weighted by molar-refractivity contribution is -0.0000147. The lowest BCUT2D eigenvalue weighted by Gasteiger charge is -2.39. The number of para-hydroxylation sites is 1. The molecule has 1 aromatic carbocycles. The minimum atomic E-state index is 0.666. The highest BCUT2D eigenvalue weighted by Gasteiger charge is 2.28. The third kappa shape index (κ3) is 5.32. The summed E-state index contributed by atoms with van der Waals surface area (Å²) in [5, 5.41) is 1.15. The summed E-state index contributed by atoms with van der Waals surface area (Å²) in [7, 11) is 2.11. The van der Waals surface area contributed by atoms with Crippen LogP contribution in [0.4, 0.5) is 5.82 Å². The number of allylic oxidation sites excluding steroid dienone is 1. The third-order valence-corrected chi connectivity index (χ3v) is 9.06. The van der Waals surface area contributed by atoms with E-state index >= 15 is 0 Å². The number of hydrogen-bond acceptors (Lipinski definition) is 8. The first-order valence-electron chi connectivity index (χ1n) is 15.4. The van der Waals surface area contributed by atoms with E-state index in [-0.39, 0.29) is 0 Å². The summed E-state index contributed by atoms with van der Waals surface area (Å²) in [5.74, 6) is 2.69. The molecule has 0 amide bonds. The van der Waals surface area contributed by atoms with Crippen molar-refractivity contribution in [2.45, 2.75) is 38.9 Å². The van der Waals surface area contributed by atoms with Gasteiger partial charge in [-0.05, 0) is 25.8 Å². The van der Waals surface area contributed by atoms with Crippen LogP contribution >= 0.6 is 0 Å². The molecule has 42 heavy (non-hydrogen) atoms. The Morgan fingerprint density at radius 2 is 1.64 bits per heavy atom. The first-order chi connectivity index (χ1) is 20.5. The molecule has 3 fully saturated rings. The van der Waals surface area contributed by atoms with Gasteiger partial charge in [0.25, 0.3) is 0 Å². The number of aryl methyl sites for hydroxylation is 1. The maximum atomic E-state index is 5.69. The van der Waals surface area contributed by atoms with Crippen LogP contribution in [0, 0.1) is 0 Å². The Bertz CT molecular complexity index is 1570. The Morgan fingerprint density at radius 1 is 0.929 bits per heavy atom. The lowest BCUT2D eigenvalue weighted by atomic mass is 10.0. The van der Waals surface area contributed by atoms with Crippen LogP contribution in [0.3, 0.4) is 0 Å². The van der Waals surface area contributed by atoms with Gasteiger partial charge in [0, 0.05) is 81.6 Å². The molecule has 0 unspecified atom stereocenters. The van der Waals surface area contributed by atoms with Crippen LogP contribution in [0.2, 0.25) is 0 Å². The topological polar surface area (TPSA) is 76.7 Å². The molecule has 3 aliphatic rings. The van der Waals surface area contributed by atoms with Gasteiger partial charge in [-0.15, -0.1) is 0 Å². The molecule has 0 spiro atoms. The first-order valence-corrected chi connectivity index (χ1v) is 15.4. The van der Waals surface area contributed by atoms with Gasteiger partial charge in [-0.2, -0.15) is 0 Å². The highest BCUT2D eigenvalue weighted by Crippen LogP contribution is 2.33. The number of rotatable bonds is 7. The number of hydrogen-bond donors (Lipinski definition) is 0. The van der Waals surface area contributed by atoms with E-state index in [0.29, 0.717) is 19.3 Å². The Balaban J connectivity index is 1.23. The van der Waals surface area contributed by atoms with Crippen LogP contribution in [-0.2, 0) is 29.6 Å². The summed E-state index contributed by atoms with van der Waals surface area (Å²) in [6, 6.07) is 9.16. The van der Waals surface area contributed by atoms with Crippen LogP contribution in [0.15, 0.2) is 42.6 Å². The number of aromatic nitrogens is 5. The number of morpholine rings is 2. The lowest BCUT2D eigenvalue weighted by Crippen LogP contribution is -2.48. The number of likely N-dealkylation sites (tertiary alicyclic amines) is 1. The summed E-state index contributed by atoms with van der Waals surface area (Å²) in [4.78, 5) is 23.1. The quantitative estimate of drug-likeness (QED) is 0.312. The molecule has 10 nitrogen and oxygen atoms in total. The summed E-state index contributed by atoms with van der Waals surface area (Å²) in [5.41, 5.74) is 5.08. The summed E-state index contributed by atoms with van der Waals surface area (Å²) in [6.45, 7) is 16.8. The van der Waals surface area contributed by atoms with Crippen LogP contribution in [0.25, 0.3) is 33.5 Å². The molecular weight excluding hydrogens is 528 g/mol. The molecule has 10 heteroatoms. The van der Waals surface area contributed by atoms with Gasteiger partial charge in [-0.1, -0.05) is 30.4 Å². The van der Waals surface area contributed by atoms with Crippen LogP contribution in [0.5, 0.6) is 0 Å². The fourth-order valence-electron chi connectivity index (χ4n) is 6.78. The first kappa shape index (κ1) is 27.5. The zero-order chi connectivity index (χ0) is 28.6. The van der Waals surface area contributed by atoms with E-state index in [2.05, 4.69) is 74.8 Å². The van der Waals surface area contributed by atoms with E-state index in [0.717, 1.165) is 111 Å². The zero-order valence-corrected chi connectivity index (χ0v) is 25.0. The molecule has 0 aliphatic carbocycles. The largest absolute Gasteiger partial charge is 0.379 e. The van der Waals surface area contributed by atoms with Crippen molar-refractivity contribution in [3.8, 4) is 11.4 Å². The van der Waals surface area contributed by atoms with Gasteiger partial charge in [0.15, 0.2) is 22.8 Å². The highest BCUT2D eigenvalue weighted by molar-refractivity contribution is 5.96. The van der Waals surface area contributed by atoms with Crippen molar-refractivity contribution in [2.75, 3.05) is 70.6 Å². The number of piperidine rings is 1. The molecule has 222 valence electrons. The van der Waals surface area contributed by atoms with Gasteiger partial charge >= 0.3 is 0 Å². The SMILES string of the molecule is C=C(C)Cn1cc(-c2nc(N3CCOCC3)c3nc(CN4CCC(N5CCOCC5)CC4)n(C)c3n2)c2ccccc21. The Hall–Kier alpha value is -3.31. The van der Waals surface area contributed by atoms with Crippen molar-refractivity contribution >= 4 is 27.9 Å². The van der Waals surface area contributed by atoms with Gasteiger partial charge in [0.2, 0.25) is 0 Å². The van der Waals surface area contributed by atoms with E-state index in [1.807, 2.05) is 0 Å². The smallest absolute Gasteiger partial charge is 0.166 e. The average Bonchev–Trinajstić information content (AvgIpc) is 3.54. The fourth-order valence-corrected chi connectivity index (χ4v) is 6.78. The molecule has 3 saturated heterocycles. The third-order valence-electron chi connectivity index (χ3n) is 9.06. The molecular formula is C32H42N8O2. The molecule has 0 bridgehead atoms. The summed E-state index contributed by atoms with van der Waals surface area (Å²) < 4.78 is 15.7. The monoisotopic (exact) mass is 570 g/mol. The van der Waals surface area contributed by atoms with Crippen molar-refractivity contribution < 1.29 is 9.47 Å². The average molecular weight is 571 g/mol. The second-order valence-electron chi connectivity index (χ2n) is 12.0. The standard InChI is InChI=1S/C32H42N8O2/c1-23(2)20-40-21-26(25-6-4-5-7-27(25)40)30-34-31-29(32(35-30)39-14-18-42-19-15-39)33-28(36(31)3)22-37-10-8-24(9-11-37)38-12-16-41-17-13-38/h4-7,21,24H,1,8-20,22H2,2-3H3. The van der Waals surface area contributed by atoms with Gasteiger partial charge in [0.05, 0.1) is 33.0 Å². The molecule has 3 aliphatic heterocycles. The molecule has 4 aromatic rings. The predicted octanol–water partition coefficient (Wildman–Crippen LogP) is 3.69. The summed E-state index contributed by atoms with van der Waals surface area (Å²) >= 11 is 0. The van der Waals surface area contributed by atoms with Crippen molar-refractivity contribution in [1.82, 2.24) is 33.9 Å². The minimum Gasteiger partial charge on any atom is -0.379 e. The second kappa shape index (κ2) is 11.8. The molecule has 7 rings (SSSR count). The Labute approximate surface area is 247 Å². The van der Waals surface area contributed by atoms with E-state index < -0.39 is 0 Å². The van der Waals surface area contributed by atoms with Crippen molar-refractivity contribution in [1.29, 1.82) is 0 Å². The summed E-state index contributed by atoms with van der Waals surface area (Å²) in [6.07, 6.45) is 4.57. The van der Waals surface area contributed by atoms with Gasteiger partial charge in [0.1, 0.15) is 5.82 Å². The number of ether oxygens (including phenoxy) is 2. The molecule has 3 aromatic heterocycles. The Kier molecular flexibility index (Phi) is 7.70. The normalized spacial score (nSPS) is 19.7. The van der Waals surface area contributed by atoms with E-state index in [1.54, 1.807) is 0 Å². The van der Waals surface area contributed by atoms with Gasteiger partial charge in [-0.25, -0.2) is 15.0 Å². The molecule has 0 N–H and O–H groups in total. The zero-order valence-electron chi connectivity index (χ0n) is 25.0. The van der Waals surface area contributed by atoms with E-state index in [1.165, 1.54) is 18.4 Å². The number of nitrogens with zero attached hydrogens (tertiary/aromatic N) is 8. The molecule has 6 heterocycles. The fraction of sp³-hybridized carbons (Fsp3) is 0.531. The van der Waals surface area contributed by atoms with E-state index in [4.69, 9.17) is 24.4 Å². The van der Waals surface area contributed by atoms with Crippen molar-refractivity contribution in [2.24, 2.45) is 7.05 Å². The second-order valence-corrected chi connectivity index (χ2v) is 12.0. The number of benzene rings is 1. The van der Waals surface area contributed by atoms with Gasteiger partial charge < -0.3 is 23.5 Å². The molecule has 0 atom stereocenters. The predicted molar refractivity (Wildman–Crippen MR) is 166 cm³/mol. The van der Waals surface area contributed by atoms with Crippen LogP contribution in [-0.4, -0.2) is 106 Å². The van der Waals surface area contributed by atoms with E-state index in [9.17, 15) is 0 Å². The number of imidazole rings is 1. The number of fused-ring (bicyclic) bond motifs is 2. The van der Waals surface area contributed by atoms with Crippen LogP contribution < -0.4 is 4.90 Å². The number of anilines is 1. The molecule has 0 radical (unpaired) electrons. The van der Waals surface area contributed by atoms with Crippen LogP contribution in [0.1, 0.15) is 25.6 Å². The maximum Gasteiger partial charge on any atom is 0.166 e. The maximum absolute atomic E-state index is 5.69. The minimum absolute atomic E-state index is 0.666.